The fourth-order valence-corrected chi connectivity index (χ4v) is 5.72. The second-order valence-corrected chi connectivity index (χ2v) is 10.5. The maximum absolute atomic E-state index is 13.5. The van der Waals surface area contributed by atoms with Gasteiger partial charge >= 0.3 is 0 Å². The van der Waals surface area contributed by atoms with Gasteiger partial charge in [0.1, 0.15) is 24.2 Å². The van der Waals surface area contributed by atoms with E-state index in [1.165, 1.54) is 4.31 Å². The number of nitrogens with one attached hydrogen (secondary N) is 2. The van der Waals surface area contributed by atoms with E-state index < -0.39 is 16.2 Å². The van der Waals surface area contributed by atoms with Gasteiger partial charge in [-0.3, -0.25) is 9.89 Å². The molecule has 2 N–H and O–H groups in total. The number of benzene rings is 1. The molecule has 10 nitrogen and oxygen atoms in total. The number of ether oxygens (including phenoxy) is 1. The van der Waals surface area contributed by atoms with Gasteiger partial charge in [-0.05, 0) is 31.7 Å². The number of H-pyrrole nitrogens is 1. The number of aromatic nitrogens is 2. The van der Waals surface area contributed by atoms with E-state index in [-0.39, 0.29) is 17.4 Å². The molecule has 1 aromatic heterocycles. The molecule has 3 heterocycles. The molecule has 2 aromatic rings. The number of hydrogen-bond donors (Lipinski definition) is 2. The fourth-order valence-electron chi connectivity index (χ4n) is 4.26. The lowest BCUT2D eigenvalue weighted by Gasteiger charge is -2.38. The van der Waals surface area contributed by atoms with Gasteiger partial charge in [0.2, 0.25) is 10.0 Å². The summed E-state index contributed by atoms with van der Waals surface area (Å²) >= 11 is 0. The van der Waals surface area contributed by atoms with E-state index >= 15 is 0 Å². The van der Waals surface area contributed by atoms with Crippen LogP contribution in [0.5, 0.6) is 5.75 Å². The van der Waals surface area contributed by atoms with Crippen molar-refractivity contribution in [3.8, 4) is 5.75 Å². The highest BCUT2D eigenvalue weighted by Gasteiger charge is 2.36. The number of carbonyl (C=O) groups is 1. The van der Waals surface area contributed by atoms with Crippen molar-refractivity contribution >= 4 is 21.6 Å². The molecule has 2 aliphatic heterocycles. The molecular weight excluding hydrogens is 456 g/mol. The van der Waals surface area contributed by atoms with Crippen LogP contribution < -0.4 is 15.0 Å². The third kappa shape index (κ3) is 4.68. The Balaban J connectivity index is 1.76. The van der Waals surface area contributed by atoms with Gasteiger partial charge in [0.25, 0.3) is 5.91 Å². The molecular formula is C23H32N6O4S. The van der Waals surface area contributed by atoms with Crippen LogP contribution in [0.1, 0.15) is 42.0 Å². The third-order valence-corrected chi connectivity index (χ3v) is 8.12. The van der Waals surface area contributed by atoms with Gasteiger partial charge in [0.15, 0.2) is 0 Å². The van der Waals surface area contributed by atoms with E-state index in [0.717, 1.165) is 12.8 Å². The molecule has 1 amide bonds. The Morgan fingerprint density at radius 3 is 2.74 bits per heavy atom. The van der Waals surface area contributed by atoms with Crippen LogP contribution in [0.25, 0.3) is 0 Å². The van der Waals surface area contributed by atoms with E-state index in [1.54, 1.807) is 30.5 Å². The minimum absolute atomic E-state index is 0.181. The first kappa shape index (κ1) is 24.2. The Hall–Kier alpha value is -2.89. The molecule has 0 aliphatic carbocycles. The van der Waals surface area contributed by atoms with Crippen LogP contribution in [0.3, 0.4) is 0 Å². The van der Waals surface area contributed by atoms with Gasteiger partial charge in [-0.1, -0.05) is 26.0 Å². The predicted molar refractivity (Wildman–Crippen MR) is 129 cm³/mol. The second kappa shape index (κ2) is 10.2. The van der Waals surface area contributed by atoms with Crippen molar-refractivity contribution in [3.05, 3.63) is 48.3 Å². The van der Waals surface area contributed by atoms with Crippen LogP contribution in [0.15, 0.2) is 41.9 Å². The van der Waals surface area contributed by atoms with Crippen LogP contribution in [0, 0.1) is 0 Å². The Labute approximate surface area is 200 Å². The Morgan fingerprint density at radius 1 is 1.26 bits per heavy atom. The number of likely N-dealkylation sites (N-methyl/N-ethyl adjacent to an activating group) is 1. The molecule has 1 saturated heterocycles. The summed E-state index contributed by atoms with van der Waals surface area (Å²) in [4.78, 5) is 17.2. The monoisotopic (exact) mass is 488 g/mol. The summed E-state index contributed by atoms with van der Waals surface area (Å²) in [5.41, 5.74) is 1.65. The van der Waals surface area contributed by atoms with Crippen molar-refractivity contribution in [2.45, 2.75) is 30.8 Å². The van der Waals surface area contributed by atoms with Crippen molar-refractivity contribution in [3.63, 3.8) is 0 Å². The first-order chi connectivity index (χ1) is 16.4. The van der Waals surface area contributed by atoms with Crippen molar-refractivity contribution in [2.24, 2.45) is 0 Å². The highest BCUT2D eigenvalue weighted by atomic mass is 32.2. The summed E-state index contributed by atoms with van der Waals surface area (Å²) in [6, 6.07) is 4.86. The average Bonchev–Trinajstić information content (AvgIpc) is 3.33. The lowest BCUT2D eigenvalue weighted by Crippen LogP contribution is -2.47. The van der Waals surface area contributed by atoms with E-state index in [9.17, 15) is 13.2 Å². The van der Waals surface area contributed by atoms with Gasteiger partial charge in [0.05, 0.1) is 16.8 Å². The molecule has 1 aromatic carbocycles. The topological polar surface area (TPSA) is 111 Å². The number of hydrogen-bond acceptors (Lipinski definition) is 7. The first-order valence-corrected chi connectivity index (χ1v) is 13.0. The minimum Gasteiger partial charge on any atom is -0.489 e. The number of anilines is 1. The summed E-state index contributed by atoms with van der Waals surface area (Å²) < 4.78 is 34.3. The number of piperazine rings is 1. The number of sulfonamides is 1. The molecule has 1 unspecified atom stereocenters. The zero-order chi connectivity index (χ0) is 24.3. The molecule has 184 valence electrons. The maximum Gasteiger partial charge on any atom is 0.273 e. The number of unbranched alkanes of at least 4 members (excludes halogenated alkanes) is 1. The molecule has 0 spiro atoms. The van der Waals surface area contributed by atoms with E-state index in [2.05, 4.69) is 33.9 Å². The minimum atomic E-state index is -3.70. The molecule has 2 aliphatic rings. The van der Waals surface area contributed by atoms with Gasteiger partial charge < -0.3 is 19.9 Å². The number of nitrogens with zero attached hydrogens (tertiary/aromatic N) is 4. The quantitative estimate of drug-likeness (QED) is 0.519. The largest absolute Gasteiger partial charge is 0.489 e. The van der Waals surface area contributed by atoms with Gasteiger partial charge in [-0.25, -0.2) is 8.42 Å². The number of amides is 1. The smallest absolute Gasteiger partial charge is 0.273 e. The highest BCUT2D eigenvalue weighted by molar-refractivity contribution is 7.89. The van der Waals surface area contributed by atoms with E-state index in [0.29, 0.717) is 55.4 Å². The van der Waals surface area contributed by atoms with Gasteiger partial charge in [-0.2, -0.15) is 9.40 Å². The fraction of sp³-hybridized carbons (Fsp3) is 0.478. The Kier molecular flexibility index (Phi) is 7.24. The second-order valence-electron chi connectivity index (χ2n) is 8.56. The SMILES string of the molecule is C=CCOc1ccc(S(=O)(=O)N2CCN(C)CC2)cc1C1NC(=O)c2[nH]ncc2N1CCCC. The first-order valence-electron chi connectivity index (χ1n) is 11.5. The highest BCUT2D eigenvalue weighted by Crippen LogP contribution is 2.37. The van der Waals surface area contributed by atoms with Crippen LogP contribution in [-0.2, 0) is 10.0 Å². The summed E-state index contributed by atoms with van der Waals surface area (Å²) in [6.07, 6.45) is 4.50. The summed E-state index contributed by atoms with van der Waals surface area (Å²) in [7, 11) is -1.72. The molecule has 4 rings (SSSR count). The summed E-state index contributed by atoms with van der Waals surface area (Å²) in [5.74, 6) is 0.197. The lowest BCUT2D eigenvalue weighted by molar-refractivity contribution is 0.0920. The predicted octanol–water partition coefficient (Wildman–Crippen LogP) is 1.96. The van der Waals surface area contributed by atoms with Crippen molar-refractivity contribution < 1.29 is 17.9 Å². The van der Waals surface area contributed by atoms with Crippen molar-refractivity contribution in [1.29, 1.82) is 0 Å². The van der Waals surface area contributed by atoms with Crippen molar-refractivity contribution in [1.82, 2.24) is 24.7 Å². The molecule has 34 heavy (non-hydrogen) atoms. The number of fused-ring (bicyclic) bond motifs is 1. The molecule has 11 heteroatoms. The zero-order valence-electron chi connectivity index (χ0n) is 19.7. The zero-order valence-corrected chi connectivity index (χ0v) is 20.5. The Bertz CT molecular complexity index is 1140. The van der Waals surface area contributed by atoms with Crippen molar-refractivity contribution in [2.75, 3.05) is 51.3 Å². The Morgan fingerprint density at radius 2 is 2.03 bits per heavy atom. The molecule has 0 radical (unpaired) electrons. The maximum atomic E-state index is 13.5. The van der Waals surface area contributed by atoms with Gasteiger partial charge in [0, 0.05) is 38.3 Å². The normalized spacial score (nSPS) is 19.5. The van der Waals surface area contributed by atoms with Crippen LogP contribution in [0.2, 0.25) is 0 Å². The lowest BCUT2D eigenvalue weighted by atomic mass is 10.1. The van der Waals surface area contributed by atoms with E-state index in [4.69, 9.17) is 4.74 Å². The average molecular weight is 489 g/mol. The summed E-state index contributed by atoms with van der Waals surface area (Å²) in [6.45, 7) is 8.94. The molecule has 1 fully saturated rings. The number of rotatable bonds is 9. The van der Waals surface area contributed by atoms with Gasteiger partial charge in [-0.15, -0.1) is 0 Å². The van der Waals surface area contributed by atoms with Crippen LogP contribution >= 0.6 is 0 Å². The van der Waals surface area contributed by atoms with Crippen LogP contribution in [-0.4, -0.2) is 80.1 Å². The number of carbonyl (C=O) groups excluding carboxylic acids is 1. The number of aromatic amines is 1. The van der Waals surface area contributed by atoms with Crippen LogP contribution in [0.4, 0.5) is 5.69 Å². The molecule has 0 bridgehead atoms. The van der Waals surface area contributed by atoms with E-state index in [1.807, 2.05) is 11.9 Å². The molecule has 1 atom stereocenters. The standard InChI is InChI=1S/C23H32N6O4S/c1-4-6-9-29-19-16-24-26-21(19)23(30)25-22(29)18-15-17(7-8-20(18)33-14-5-2)34(31,32)28-12-10-27(3)11-13-28/h5,7-8,15-16,22H,2,4,6,9-14H2,1,3H3,(H,24,26)(H,25,30). The summed E-state index contributed by atoms with van der Waals surface area (Å²) in [5, 5.41) is 9.83. The molecule has 0 saturated carbocycles. The third-order valence-electron chi connectivity index (χ3n) is 6.22.